The first-order chi connectivity index (χ1) is 15.8. The van der Waals surface area contributed by atoms with Crippen LogP contribution in [0.3, 0.4) is 0 Å². The molecule has 33 heavy (non-hydrogen) atoms. The highest BCUT2D eigenvalue weighted by Gasteiger charge is 2.28. The van der Waals surface area contributed by atoms with E-state index >= 15 is 0 Å². The number of phenolic OH excluding ortho intramolecular Hbond substituents is 1. The Balaban J connectivity index is 1.78. The first kappa shape index (κ1) is 24.7. The Morgan fingerprint density at radius 3 is 2.52 bits per heavy atom. The highest BCUT2D eigenvalue weighted by Crippen LogP contribution is 2.28. The maximum absolute atomic E-state index is 13.3. The van der Waals surface area contributed by atoms with Crippen molar-refractivity contribution in [3.8, 4) is 5.75 Å². The fourth-order valence-corrected chi connectivity index (χ4v) is 5.11. The van der Waals surface area contributed by atoms with Crippen LogP contribution in [-0.4, -0.2) is 43.0 Å². The Labute approximate surface area is 202 Å². The van der Waals surface area contributed by atoms with Gasteiger partial charge < -0.3 is 5.11 Å². The molecule has 3 aromatic carbocycles. The largest absolute Gasteiger partial charge is 0.508 e. The Morgan fingerprint density at radius 1 is 1.03 bits per heavy atom. The normalized spacial score (nSPS) is 11.7. The number of benzene rings is 3. The van der Waals surface area contributed by atoms with Gasteiger partial charge in [0.25, 0.3) is 5.91 Å². The van der Waals surface area contributed by atoms with Gasteiger partial charge in [0, 0.05) is 11.6 Å². The van der Waals surface area contributed by atoms with Crippen LogP contribution in [0.4, 0.5) is 0 Å². The highest BCUT2D eigenvalue weighted by molar-refractivity contribution is 7.89. The molecule has 0 spiro atoms. The number of rotatable bonds is 9. The fourth-order valence-electron chi connectivity index (χ4n) is 2.98. The Kier molecular flexibility index (Phi) is 8.46. The number of carbonyl (C=O) groups excluding carboxylic acids is 1. The Hall–Kier alpha value is -2.91. The van der Waals surface area contributed by atoms with E-state index in [2.05, 4.69) is 10.5 Å². The van der Waals surface area contributed by atoms with Gasteiger partial charge in [0.1, 0.15) is 10.6 Å². The van der Waals surface area contributed by atoms with Crippen molar-refractivity contribution in [2.24, 2.45) is 5.10 Å². The third kappa shape index (κ3) is 7.03. The lowest BCUT2D eigenvalue weighted by Crippen LogP contribution is -2.40. The van der Waals surface area contributed by atoms with Gasteiger partial charge in [-0.15, -0.1) is 0 Å². The predicted octanol–water partition coefficient (Wildman–Crippen LogP) is 4.08. The van der Waals surface area contributed by atoms with Crippen LogP contribution in [0.1, 0.15) is 11.1 Å². The van der Waals surface area contributed by atoms with Crippen LogP contribution in [0, 0.1) is 0 Å². The third-order valence-electron chi connectivity index (χ3n) is 4.60. The van der Waals surface area contributed by atoms with E-state index in [1.54, 1.807) is 12.1 Å². The summed E-state index contributed by atoms with van der Waals surface area (Å²) in [4.78, 5) is 12.3. The summed E-state index contributed by atoms with van der Waals surface area (Å²) in [7, 11) is -4.13. The van der Waals surface area contributed by atoms with Crippen LogP contribution >= 0.6 is 23.2 Å². The maximum atomic E-state index is 13.3. The lowest BCUT2D eigenvalue weighted by molar-refractivity contribution is -0.121. The molecule has 0 saturated heterocycles. The van der Waals surface area contributed by atoms with Crippen LogP contribution in [0.5, 0.6) is 5.75 Å². The molecule has 3 rings (SSSR count). The molecule has 0 atom stereocenters. The summed E-state index contributed by atoms with van der Waals surface area (Å²) in [5, 5.41) is 13.5. The van der Waals surface area contributed by atoms with Crippen molar-refractivity contribution in [2.75, 3.05) is 13.1 Å². The number of nitrogens with zero attached hydrogens (tertiary/aromatic N) is 2. The maximum Gasteiger partial charge on any atom is 0.255 e. The number of halogens is 2. The van der Waals surface area contributed by atoms with Gasteiger partial charge in [-0.25, -0.2) is 13.8 Å². The van der Waals surface area contributed by atoms with Crippen LogP contribution in [0.25, 0.3) is 0 Å². The van der Waals surface area contributed by atoms with Crippen molar-refractivity contribution < 1.29 is 18.3 Å². The summed E-state index contributed by atoms with van der Waals surface area (Å²) < 4.78 is 27.7. The van der Waals surface area contributed by atoms with Gasteiger partial charge >= 0.3 is 0 Å². The highest BCUT2D eigenvalue weighted by atomic mass is 35.5. The number of phenols is 1. The van der Waals surface area contributed by atoms with Crippen molar-refractivity contribution in [1.29, 1.82) is 0 Å². The van der Waals surface area contributed by atoms with Gasteiger partial charge in [-0.2, -0.15) is 9.41 Å². The molecule has 0 aromatic heterocycles. The number of sulfonamides is 1. The Bertz CT molecular complexity index is 1250. The number of carbonyl (C=O) groups is 1. The first-order valence-corrected chi connectivity index (χ1v) is 12.1. The standard InChI is InChI=1S/C23H21Cl2N3O4S/c24-19-9-10-21(25)22(14-19)33(31,32)28(12-11-17-5-2-1-3-6-17)16-23(30)27-26-15-18-7-4-8-20(29)13-18/h1-10,13-15,29H,11-12,16H2,(H,27,30)/b26-15-. The molecule has 3 aromatic rings. The van der Waals surface area contributed by atoms with E-state index in [0.717, 1.165) is 9.87 Å². The van der Waals surface area contributed by atoms with Crippen LogP contribution < -0.4 is 5.43 Å². The molecule has 0 fully saturated rings. The minimum absolute atomic E-state index is 0.00595. The number of hydrogen-bond donors (Lipinski definition) is 2. The zero-order chi connectivity index (χ0) is 23.8. The molecule has 172 valence electrons. The van der Waals surface area contributed by atoms with Crippen LogP contribution in [-0.2, 0) is 21.2 Å². The van der Waals surface area contributed by atoms with Gasteiger partial charge in [-0.1, -0.05) is 65.7 Å². The molecule has 0 saturated carbocycles. The van der Waals surface area contributed by atoms with Gasteiger partial charge in [-0.05, 0) is 47.9 Å². The van der Waals surface area contributed by atoms with E-state index in [1.807, 2.05) is 30.3 Å². The lowest BCUT2D eigenvalue weighted by atomic mass is 10.1. The fraction of sp³-hybridized carbons (Fsp3) is 0.130. The molecule has 10 heteroatoms. The molecule has 0 heterocycles. The molecule has 0 radical (unpaired) electrons. The van der Waals surface area contributed by atoms with Crippen LogP contribution in [0.15, 0.2) is 82.8 Å². The SMILES string of the molecule is O=C(CN(CCc1ccccc1)S(=O)(=O)c1cc(Cl)ccc1Cl)N/N=C\c1cccc(O)c1. The van der Waals surface area contributed by atoms with Crippen molar-refractivity contribution >= 4 is 45.3 Å². The summed E-state index contributed by atoms with van der Waals surface area (Å²) in [6, 6.07) is 19.7. The molecule has 1 amide bonds. The van der Waals surface area contributed by atoms with Gasteiger partial charge in [0.2, 0.25) is 10.0 Å². The van der Waals surface area contributed by atoms with E-state index in [-0.39, 0.29) is 27.2 Å². The minimum atomic E-state index is -4.13. The lowest BCUT2D eigenvalue weighted by Gasteiger charge is -2.22. The summed E-state index contributed by atoms with van der Waals surface area (Å²) in [5.41, 5.74) is 3.79. The topological polar surface area (TPSA) is 99.1 Å². The second-order valence-electron chi connectivity index (χ2n) is 7.04. The van der Waals surface area contributed by atoms with Gasteiger partial charge in [0.15, 0.2) is 0 Å². The van der Waals surface area contributed by atoms with E-state index in [4.69, 9.17) is 23.2 Å². The molecule has 0 bridgehead atoms. The monoisotopic (exact) mass is 505 g/mol. The summed E-state index contributed by atoms with van der Waals surface area (Å²) in [5.74, 6) is -0.581. The predicted molar refractivity (Wildman–Crippen MR) is 129 cm³/mol. The quantitative estimate of drug-likeness (QED) is 0.338. The van der Waals surface area contributed by atoms with Crippen LogP contribution in [0.2, 0.25) is 10.0 Å². The first-order valence-electron chi connectivity index (χ1n) is 9.86. The zero-order valence-corrected chi connectivity index (χ0v) is 19.7. The molecular weight excluding hydrogens is 485 g/mol. The smallest absolute Gasteiger partial charge is 0.255 e. The molecule has 0 unspecified atom stereocenters. The number of aromatic hydroxyl groups is 1. The number of hydrogen-bond acceptors (Lipinski definition) is 5. The van der Waals surface area contributed by atoms with Crippen molar-refractivity contribution in [1.82, 2.24) is 9.73 Å². The molecule has 7 nitrogen and oxygen atoms in total. The molecule has 2 N–H and O–H groups in total. The van der Waals surface area contributed by atoms with E-state index < -0.39 is 22.5 Å². The second kappa shape index (κ2) is 11.3. The number of nitrogens with one attached hydrogen (secondary N) is 1. The van der Waals surface area contributed by atoms with E-state index in [0.29, 0.717) is 12.0 Å². The average molecular weight is 506 g/mol. The van der Waals surface area contributed by atoms with Gasteiger partial charge in [0.05, 0.1) is 17.8 Å². The molecule has 0 aliphatic carbocycles. The molecule has 0 aliphatic rings. The van der Waals surface area contributed by atoms with Crippen molar-refractivity contribution in [3.05, 3.63) is 94.0 Å². The van der Waals surface area contributed by atoms with E-state index in [1.165, 1.54) is 36.5 Å². The third-order valence-corrected chi connectivity index (χ3v) is 7.16. The average Bonchev–Trinajstić information content (AvgIpc) is 2.79. The number of amides is 1. The zero-order valence-electron chi connectivity index (χ0n) is 17.4. The second-order valence-corrected chi connectivity index (χ2v) is 9.79. The summed E-state index contributed by atoms with van der Waals surface area (Å²) in [6.07, 6.45) is 1.73. The summed E-state index contributed by atoms with van der Waals surface area (Å²) >= 11 is 12.1. The summed E-state index contributed by atoms with van der Waals surface area (Å²) in [6.45, 7) is -0.436. The van der Waals surface area contributed by atoms with Crippen molar-refractivity contribution in [2.45, 2.75) is 11.3 Å². The molecule has 0 aliphatic heterocycles. The molecular formula is C23H21Cl2N3O4S. The van der Waals surface area contributed by atoms with E-state index in [9.17, 15) is 18.3 Å². The van der Waals surface area contributed by atoms with Gasteiger partial charge in [-0.3, -0.25) is 4.79 Å². The van der Waals surface area contributed by atoms with Crippen molar-refractivity contribution in [3.63, 3.8) is 0 Å². The number of hydrazone groups is 1. The Morgan fingerprint density at radius 2 is 1.79 bits per heavy atom. The minimum Gasteiger partial charge on any atom is -0.508 e.